The van der Waals surface area contributed by atoms with Gasteiger partial charge < -0.3 is 15.5 Å². The van der Waals surface area contributed by atoms with Gasteiger partial charge in [-0.2, -0.15) is 5.90 Å². The summed E-state index contributed by atoms with van der Waals surface area (Å²) < 4.78 is 0.395. The SMILES string of the molecule is NOc1ccc(C(NC(=O)c2ccc(NC(=O)C(c3ccccc3)c3ccccc3)cc2)C(=O)Nc2n[nH]c(=S)s2)cc1. The smallest absolute Gasteiger partial charge is 0.253 e. The number of nitrogens with two attached hydrogens (primary N) is 1. The zero-order chi connectivity index (χ0) is 30.2. The molecule has 5 rings (SSSR count). The van der Waals surface area contributed by atoms with Gasteiger partial charge in [0.05, 0.1) is 5.92 Å². The summed E-state index contributed by atoms with van der Waals surface area (Å²) in [6, 6.07) is 30.8. The van der Waals surface area contributed by atoms with Crippen LogP contribution in [0.3, 0.4) is 0 Å². The molecule has 12 heteroatoms. The lowest BCUT2D eigenvalue weighted by atomic mass is 9.90. The molecule has 0 bridgehead atoms. The standard InChI is InChI=1S/C31H26N6O4S2/c32-41-24-17-13-21(14-18-24)26(29(40)35-30-36-37-31(42)43-30)34-27(38)22-11-15-23(16-12-22)33-28(39)25(19-7-3-1-4-8-19)20-9-5-2-6-10-20/h1-18,25-26H,32H2,(H,33,39)(H,34,38)(H,37,42)(H,35,36,40). The molecule has 0 radical (unpaired) electrons. The maximum Gasteiger partial charge on any atom is 0.253 e. The molecule has 216 valence electrons. The van der Waals surface area contributed by atoms with E-state index in [1.165, 1.54) is 0 Å². The Kier molecular flexibility index (Phi) is 9.32. The number of carbonyl (C=O) groups is 3. The summed E-state index contributed by atoms with van der Waals surface area (Å²) in [5.74, 6) is 3.85. The van der Waals surface area contributed by atoms with E-state index < -0.39 is 23.8 Å². The number of H-pyrrole nitrogens is 1. The second-order valence-corrected chi connectivity index (χ2v) is 11.0. The number of amides is 3. The summed E-state index contributed by atoms with van der Waals surface area (Å²) >= 11 is 6.12. The number of nitrogens with one attached hydrogen (secondary N) is 4. The first kappa shape index (κ1) is 29.3. The van der Waals surface area contributed by atoms with E-state index in [1.807, 2.05) is 60.7 Å². The van der Waals surface area contributed by atoms with Gasteiger partial charge in [-0.15, -0.1) is 5.10 Å². The van der Waals surface area contributed by atoms with Gasteiger partial charge in [0, 0.05) is 11.3 Å². The van der Waals surface area contributed by atoms with Gasteiger partial charge in [0.1, 0.15) is 11.8 Å². The highest BCUT2D eigenvalue weighted by molar-refractivity contribution is 7.73. The van der Waals surface area contributed by atoms with Crippen LogP contribution in [0.4, 0.5) is 10.8 Å². The predicted octanol–water partition coefficient (Wildman–Crippen LogP) is 5.33. The quantitative estimate of drug-likeness (QED) is 0.106. The van der Waals surface area contributed by atoms with Crippen LogP contribution in [0, 0.1) is 3.95 Å². The van der Waals surface area contributed by atoms with Crippen molar-refractivity contribution in [2.75, 3.05) is 10.6 Å². The molecule has 1 atom stereocenters. The van der Waals surface area contributed by atoms with E-state index in [4.69, 9.17) is 23.0 Å². The van der Waals surface area contributed by atoms with Crippen LogP contribution >= 0.6 is 23.6 Å². The van der Waals surface area contributed by atoms with Crippen LogP contribution in [0.15, 0.2) is 109 Å². The fourth-order valence-corrected chi connectivity index (χ4v) is 5.21. The molecule has 5 aromatic rings. The Labute approximate surface area is 255 Å². The van der Waals surface area contributed by atoms with Crippen molar-refractivity contribution < 1.29 is 19.2 Å². The van der Waals surface area contributed by atoms with Gasteiger partial charge in [-0.1, -0.05) is 84.1 Å². The largest absolute Gasteiger partial charge is 0.412 e. The van der Waals surface area contributed by atoms with Crippen molar-refractivity contribution in [3.63, 3.8) is 0 Å². The Balaban J connectivity index is 1.32. The van der Waals surface area contributed by atoms with Crippen molar-refractivity contribution in [1.29, 1.82) is 0 Å². The number of rotatable bonds is 10. The minimum absolute atomic E-state index is 0.210. The fraction of sp³-hybridized carbons (Fsp3) is 0.0645. The van der Waals surface area contributed by atoms with Crippen LogP contribution in [0.1, 0.15) is 39.0 Å². The van der Waals surface area contributed by atoms with E-state index >= 15 is 0 Å². The molecule has 0 spiro atoms. The van der Waals surface area contributed by atoms with Crippen LogP contribution in [-0.4, -0.2) is 27.9 Å². The van der Waals surface area contributed by atoms with Gasteiger partial charge in [0.2, 0.25) is 11.0 Å². The van der Waals surface area contributed by atoms with Gasteiger partial charge in [0.15, 0.2) is 3.95 Å². The molecule has 1 aromatic heterocycles. The van der Waals surface area contributed by atoms with Crippen LogP contribution < -0.4 is 26.7 Å². The maximum atomic E-state index is 13.4. The van der Waals surface area contributed by atoms with Crippen molar-refractivity contribution in [1.82, 2.24) is 15.5 Å². The first-order valence-electron chi connectivity index (χ1n) is 13.1. The van der Waals surface area contributed by atoms with E-state index in [0.29, 0.717) is 21.0 Å². The summed E-state index contributed by atoms with van der Waals surface area (Å²) in [7, 11) is 0. The molecular weight excluding hydrogens is 585 g/mol. The minimum Gasteiger partial charge on any atom is -0.412 e. The lowest BCUT2D eigenvalue weighted by Crippen LogP contribution is -2.37. The Morgan fingerprint density at radius 1 is 0.767 bits per heavy atom. The summed E-state index contributed by atoms with van der Waals surface area (Å²) in [5, 5.41) is 15.2. The molecule has 0 saturated heterocycles. The molecule has 6 N–H and O–H groups in total. The van der Waals surface area contributed by atoms with E-state index in [2.05, 4.69) is 26.1 Å². The predicted molar refractivity (Wildman–Crippen MR) is 167 cm³/mol. The summed E-state index contributed by atoms with van der Waals surface area (Å²) in [6.45, 7) is 0. The third-order valence-corrected chi connectivity index (χ3v) is 7.50. The Morgan fingerprint density at radius 3 is 1.91 bits per heavy atom. The highest BCUT2D eigenvalue weighted by atomic mass is 32.1. The van der Waals surface area contributed by atoms with E-state index in [0.717, 1.165) is 22.5 Å². The molecular formula is C31H26N6O4S2. The van der Waals surface area contributed by atoms with E-state index in [9.17, 15) is 14.4 Å². The summed E-state index contributed by atoms with van der Waals surface area (Å²) in [5.41, 5.74) is 3.01. The topological polar surface area (TPSA) is 151 Å². The zero-order valence-electron chi connectivity index (χ0n) is 22.5. The highest BCUT2D eigenvalue weighted by Gasteiger charge is 2.25. The minimum atomic E-state index is -1.08. The molecule has 43 heavy (non-hydrogen) atoms. The number of aromatic amines is 1. The number of carbonyl (C=O) groups excluding carboxylic acids is 3. The van der Waals surface area contributed by atoms with Crippen molar-refractivity contribution >= 4 is 52.1 Å². The highest BCUT2D eigenvalue weighted by Crippen LogP contribution is 2.27. The van der Waals surface area contributed by atoms with Gasteiger partial charge >= 0.3 is 0 Å². The number of hydrogen-bond acceptors (Lipinski definition) is 8. The average Bonchev–Trinajstić information content (AvgIpc) is 3.45. The molecule has 1 unspecified atom stereocenters. The van der Waals surface area contributed by atoms with Crippen molar-refractivity contribution in [2.45, 2.75) is 12.0 Å². The first-order chi connectivity index (χ1) is 20.9. The molecule has 0 fully saturated rings. The van der Waals surface area contributed by atoms with Crippen molar-refractivity contribution in [3.8, 4) is 5.75 Å². The number of aromatic nitrogens is 2. The molecule has 0 saturated carbocycles. The normalized spacial score (nSPS) is 11.4. The molecule has 1 heterocycles. The first-order valence-corrected chi connectivity index (χ1v) is 14.3. The number of benzene rings is 4. The van der Waals surface area contributed by atoms with Crippen molar-refractivity contribution in [2.24, 2.45) is 5.90 Å². The molecule has 10 nitrogen and oxygen atoms in total. The van der Waals surface area contributed by atoms with Gasteiger partial charge in [0.25, 0.3) is 11.8 Å². The number of anilines is 2. The second-order valence-electron chi connectivity index (χ2n) is 9.32. The van der Waals surface area contributed by atoms with Crippen LogP contribution in [0.5, 0.6) is 5.75 Å². The number of hydrogen-bond donors (Lipinski definition) is 5. The monoisotopic (exact) mass is 610 g/mol. The molecule has 4 aromatic carbocycles. The Bertz CT molecular complexity index is 1720. The maximum absolute atomic E-state index is 13.4. The van der Waals surface area contributed by atoms with Crippen molar-refractivity contribution in [3.05, 3.63) is 135 Å². The van der Waals surface area contributed by atoms with E-state index in [1.54, 1.807) is 48.5 Å². The Hall–Kier alpha value is -5.17. The molecule has 0 aliphatic rings. The Morgan fingerprint density at radius 2 is 1.37 bits per heavy atom. The average molecular weight is 611 g/mol. The molecule has 0 aliphatic heterocycles. The van der Waals surface area contributed by atoms with Crippen LogP contribution in [0.2, 0.25) is 0 Å². The fourth-order valence-electron chi connectivity index (χ4n) is 4.42. The third-order valence-electron chi connectivity index (χ3n) is 6.50. The lowest BCUT2D eigenvalue weighted by molar-refractivity contribution is -0.118. The van der Waals surface area contributed by atoms with E-state index in [-0.39, 0.29) is 16.6 Å². The van der Waals surface area contributed by atoms with Gasteiger partial charge in [-0.05, 0) is 65.3 Å². The summed E-state index contributed by atoms with van der Waals surface area (Å²) in [6.07, 6.45) is 0. The van der Waals surface area contributed by atoms with Crippen LogP contribution in [0.25, 0.3) is 0 Å². The lowest BCUT2D eigenvalue weighted by Gasteiger charge is -2.19. The third kappa shape index (κ3) is 7.38. The van der Waals surface area contributed by atoms with Gasteiger partial charge in [-0.25, -0.2) is 0 Å². The van der Waals surface area contributed by atoms with Gasteiger partial charge in [-0.3, -0.25) is 24.8 Å². The second kappa shape index (κ2) is 13.7. The zero-order valence-corrected chi connectivity index (χ0v) is 24.2. The molecule has 0 aliphatic carbocycles. The van der Waals surface area contributed by atoms with Crippen LogP contribution in [-0.2, 0) is 9.59 Å². The summed E-state index contributed by atoms with van der Waals surface area (Å²) in [4.78, 5) is 44.6. The molecule has 3 amide bonds. The number of nitrogens with zero attached hydrogens (tertiary/aromatic N) is 1.